The zero-order chi connectivity index (χ0) is 19.5. The molecule has 2 aromatic heterocycles. The van der Waals surface area contributed by atoms with Crippen LogP contribution in [0.15, 0.2) is 36.5 Å². The largest absolute Gasteiger partial charge is 0.380 e. The van der Waals surface area contributed by atoms with Gasteiger partial charge in [0.1, 0.15) is 11.6 Å². The summed E-state index contributed by atoms with van der Waals surface area (Å²) in [7, 11) is 0. The van der Waals surface area contributed by atoms with E-state index in [1.165, 1.54) is 12.8 Å². The molecule has 0 saturated carbocycles. The lowest BCUT2D eigenvalue weighted by molar-refractivity contribution is 0.140. The van der Waals surface area contributed by atoms with Crippen LogP contribution in [-0.4, -0.2) is 45.5 Å². The molecule has 0 spiro atoms. The zero-order valence-electron chi connectivity index (χ0n) is 16.4. The first kappa shape index (κ1) is 18.7. The van der Waals surface area contributed by atoms with Crippen molar-refractivity contribution in [1.29, 1.82) is 0 Å². The Kier molecular flexibility index (Phi) is 5.45. The number of rotatable bonds is 7. The molecule has 4 rings (SSSR count). The SMILES string of the molecule is CCOCCn1c(-c2ccc(N3CCC[C@@H]3C)nc2)nc2cc(NO)ccc21. The van der Waals surface area contributed by atoms with E-state index in [9.17, 15) is 5.21 Å². The van der Waals surface area contributed by atoms with Crippen LogP contribution in [0, 0.1) is 0 Å². The molecule has 1 aromatic carbocycles. The van der Waals surface area contributed by atoms with Gasteiger partial charge in [-0.05, 0) is 57.0 Å². The average molecular weight is 381 g/mol. The van der Waals surface area contributed by atoms with Gasteiger partial charge in [0.05, 0.1) is 23.3 Å². The Morgan fingerprint density at radius 1 is 1.29 bits per heavy atom. The van der Waals surface area contributed by atoms with Crippen molar-refractivity contribution < 1.29 is 9.94 Å². The highest BCUT2D eigenvalue weighted by molar-refractivity contribution is 5.83. The van der Waals surface area contributed by atoms with Gasteiger partial charge in [-0.3, -0.25) is 10.7 Å². The second kappa shape index (κ2) is 8.16. The smallest absolute Gasteiger partial charge is 0.142 e. The molecule has 7 heteroatoms. The van der Waals surface area contributed by atoms with Crippen LogP contribution in [0.25, 0.3) is 22.4 Å². The first-order valence-electron chi connectivity index (χ1n) is 9.92. The summed E-state index contributed by atoms with van der Waals surface area (Å²) in [5, 5.41) is 9.20. The van der Waals surface area contributed by atoms with Gasteiger partial charge in [-0.25, -0.2) is 9.97 Å². The predicted octanol–water partition coefficient (Wildman–Crippen LogP) is 3.92. The van der Waals surface area contributed by atoms with Crippen LogP contribution in [0.5, 0.6) is 0 Å². The summed E-state index contributed by atoms with van der Waals surface area (Å²) in [6.07, 6.45) is 4.35. The average Bonchev–Trinajstić information content (AvgIpc) is 3.31. The Hall–Kier alpha value is -2.64. The maximum absolute atomic E-state index is 9.20. The van der Waals surface area contributed by atoms with E-state index in [1.54, 1.807) is 0 Å². The lowest BCUT2D eigenvalue weighted by atomic mass is 10.2. The van der Waals surface area contributed by atoms with Gasteiger partial charge < -0.3 is 14.2 Å². The summed E-state index contributed by atoms with van der Waals surface area (Å²) >= 11 is 0. The standard InChI is InChI=1S/C21H27N5O2/c1-3-28-12-11-26-19-8-7-17(24-27)13-18(19)23-21(26)16-6-9-20(22-14-16)25-10-4-5-15(25)2/h6-9,13-15,24,27H,3-5,10-12H2,1-2H3/t15-/m0/s1. The number of anilines is 2. The van der Waals surface area contributed by atoms with Crippen molar-refractivity contribution in [3.05, 3.63) is 36.5 Å². The molecule has 1 atom stereocenters. The molecule has 0 unspecified atom stereocenters. The topological polar surface area (TPSA) is 75.4 Å². The number of imidazole rings is 1. The summed E-state index contributed by atoms with van der Waals surface area (Å²) in [4.78, 5) is 11.9. The molecule has 3 aromatic rings. The van der Waals surface area contributed by atoms with Crippen LogP contribution in [-0.2, 0) is 11.3 Å². The molecule has 3 heterocycles. The van der Waals surface area contributed by atoms with Gasteiger partial charge in [0.15, 0.2) is 0 Å². The fraction of sp³-hybridized carbons (Fsp3) is 0.429. The summed E-state index contributed by atoms with van der Waals surface area (Å²) in [6, 6.07) is 10.4. The van der Waals surface area contributed by atoms with E-state index in [1.807, 2.05) is 31.3 Å². The van der Waals surface area contributed by atoms with Crippen LogP contribution >= 0.6 is 0 Å². The number of fused-ring (bicyclic) bond motifs is 1. The Labute approximate surface area is 164 Å². The number of hydrogen-bond donors (Lipinski definition) is 2. The van der Waals surface area contributed by atoms with Crippen LogP contribution in [0.3, 0.4) is 0 Å². The summed E-state index contributed by atoms with van der Waals surface area (Å²) in [5.41, 5.74) is 5.61. The van der Waals surface area contributed by atoms with E-state index in [4.69, 9.17) is 14.7 Å². The Morgan fingerprint density at radius 2 is 2.18 bits per heavy atom. The minimum Gasteiger partial charge on any atom is -0.380 e. The van der Waals surface area contributed by atoms with Crippen LogP contribution in [0.4, 0.5) is 11.5 Å². The molecule has 1 aliphatic heterocycles. The van der Waals surface area contributed by atoms with Crippen molar-refractivity contribution in [2.75, 3.05) is 30.1 Å². The van der Waals surface area contributed by atoms with Crippen LogP contribution in [0.2, 0.25) is 0 Å². The van der Waals surface area contributed by atoms with Crippen LogP contribution in [0.1, 0.15) is 26.7 Å². The molecule has 0 aliphatic carbocycles. The minimum absolute atomic E-state index is 0.540. The highest BCUT2D eigenvalue weighted by Gasteiger charge is 2.22. The highest BCUT2D eigenvalue weighted by Crippen LogP contribution is 2.29. The molecule has 28 heavy (non-hydrogen) atoms. The number of aromatic nitrogens is 3. The molecule has 1 saturated heterocycles. The second-order valence-corrected chi connectivity index (χ2v) is 7.19. The molecule has 1 aliphatic rings. The van der Waals surface area contributed by atoms with E-state index in [-0.39, 0.29) is 0 Å². The van der Waals surface area contributed by atoms with Crippen molar-refractivity contribution in [3.8, 4) is 11.4 Å². The van der Waals surface area contributed by atoms with Crippen molar-refractivity contribution in [1.82, 2.24) is 14.5 Å². The molecule has 7 nitrogen and oxygen atoms in total. The number of nitrogens with one attached hydrogen (secondary N) is 1. The van der Waals surface area contributed by atoms with Gasteiger partial charge in [0.25, 0.3) is 0 Å². The second-order valence-electron chi connectivity index (χ2n) is 7.19. The van der Waals surface area contributed by atoms with Gasteiger partial charge in [-0.2, -0.15) is 0 Å². The first-order chi connectivity index (χ1) is 13.7. The van der Waals surface area contributed by atoms with Gasteiger partial charge >= 0.3 is 0 Å². The number of benzene rings is 1. The third-order valence-electron chi connectivity index (χ3n) is 5.39. The Balaban J connectivity index is 1.70. The maximum atomic E-state index is 9.20. The summed E-state index contributed by atoms with van der Waals surface area (Å²) in [5.74, 6) is 1.89. The van der Waals surface area contributed by atoms with Crippen LogP contribution < -0.4 is 10.4 Å². The monoisotopic (exact) mass is 381 g/mol. The molecule has 0 bridgehead atoms. The molecular weight excluding hydrogens is 354 g/mol. The maximum Gasteiger partial charge on any atom is 0.142 e. The van der Waals surface area contributed by atoms with E-state index >= 15 is 0 Å². The third-order valence-corrected chi connectivity index (χ3v) is 5.39. The lowest BCUT2D eigenvalue weighted by Gasteiger charge is -2.22. The number of ether oxygens (including phenoxy) is 1. The van der Waals surface area contributed by atoms with Crippen molar-refractivity contribution >= 4 is 22.5 Å². The molecule has 148 valence electrons. The quantitative estimate of drug-likeness (QED) is 0.477. The van der Waals surface area contributed by atoms with E-state index in [0.717, 1.165) is 34.8 Å². The molecule has 1 fully saturated rings. The number of hydrogen-bond acceptors (Lipinski definition) is 6. The number of nitrogens with zero attached hydrogens (tertiary/aromatic N) is 4. The van der Waals surface area contributed by atoms with Crippen molar-refractivity contribution in [2.45, 2.75) is 39.3 Å². The van der Waals surface area contributed by atoms with Crippen molar-refractivity contribution in [2.24, 2.45) is 0 Å². The Morgan fingerprint density at radius 3 is 2.86 bits per heavy atom. The van der Waals surface area contributed by atoms with E-state index in [0.29, 0.717) is 31.5 Å². The van der Waals surface area contributed by atoms with E-state index < -0.39 is 0 Å². The van der Waals surface area contributed by atoms with Gasteiger partial charge in [-0.1, -0.05) is 0 Å². The van der Waals surface area contributed by atoms with Gasteiger partial charge in [0, 0.05) is 37.5 Å². The summed E-state index contributed by atoms with van der Waals surface area (Å²) < 4.78 is 7.72. The lowest BCUT2D eigenvalue weighted by Crippen LogP contribution is -2.26. The highest BCUT2D eigenvalue weighted by atomic mass is 16.5. The first-order valence-corrected chi connectivity index (χ1v) is 9.92. The van der Waals surface area contributed by atoms with Crippen molar-refractivity contribution in [3.63, 3.8) is 0 Å². The zero-order valence-corrected chi connectivity index (χ0v) is 16.4. The fourth-order valence-corrected chi connectivity index (χ4v) is 3.91. The van der Waals surface area contributed by atoms with Gasteiger partial charge in [0.2, 0.25) is 0 Å². The normalized spacial score (nSPS) is 16.8. The minimum atomic E-state index is 0.540. The fourth-order valence-electron chi connectivity index (χ4n) is 3.91. The number of pyridine rings is 1. The molecule has 0 amide bonds. The van der Waals surface area contributed by atoms with E-state index in [2.05, 4.69) is 34.0 Å². The third kappa shape index (κ3) is 3.55. The Bertz CT molecular complexity index is 938. The van der Waals surface area contributed by atoms with Gasteiger partial charge in [-0.15, -0.1) is 0 Å². The molecular formula is C21H27N5O2. The summed E-state index contributed by atoms with van der Waals surface area (Å²) in [6.45, 7) is 7.32. The molecule has 2 N–H and O–H groups in total. The predicted molar refractivity (Wildman–Crippen MR) is 111 cm³/mol. The molecule has 0 radical (unpaired) electrons.